The van der Waals surface area contributed by atoms with Crippen LogP contribution >= 0.6 is 0 Å². The van der Waals surface area contributed by atoms with Crippen LogP contribution in [0.15, 0.2) is 60.9 Å². The molecule has 0 aliphatic carbocycles. The molecule has 0 unspecified atom stereocenters. The minimum absolute atomic E-state index is 0.0695. The van der Waals surface area contributed by atoms with Crippen molar-refractivity contribution in [2.24, 2.45) is 5.73 Å². The fourth-order valence-electron chi connectivity index (χ4n) is 4.24. The van der Waals surface area contributed by atoms with Gasteiger partial charge in [-0.15, -0.1) is 0 Å². The largest absolute Gasteiger partial charge is 0.361 e. The van der Waals surface area contributed by atoms with Gasteiger partial charge in [0.25, 0.3) is 0 Å². The first kappa shape index (κ1) is 23.6. The lowest BCUT2D eigenvalue weighted by Gasteiger charge is -2.26. The molecular weight excluding hydrogens is 426 g/mol. The van der Waals surface area contributed by atoms with E-state index < -0.39 is 11.6 Å². The number of aromatic amines is 2. The van der Waals surface area contributed by atoms with E-state index in [1.165, 1.54) is 0 Å². The van der Waals surface area contributed by atoms with Gasteiger partial charge in [-0.1, -0.05) is 43.3 Å². The molecule has 2 atom stereocenters. The summed E-state index contributed by atoms with van der Waals surface area (Å²) in [6.45, 7) is 5.32. The van der Waals surface area contributed by atoms with Gasteiger partial charge in [-0.25, -0.2) is 0 Å². The van der Waals surface area contributed by atoms with Crippen LogP contribution in [0, 0.1) is 0 Å². The van der Waals surface area contributed by atoms with Gasteiger partial charge in [-0.2, -0.15) is 0 Å². The monoisotopic (exact) mass is 459 g/mol. The minimum atomic E-state index is -1.09. The van der Waals surface area contributed by atoms with Crippen LogP contribution in [0.25, 0.3) is 21.8 Å². The first-order valence-electron chi connectivity index (χ1n) is 11.8. The van der Waals surface area contributed by atoms with Crippen LogP contribution in [0.3, 0.4) is 0 Å². The van der Waals surface area contributed by atoms with Crippen molar-refractivity contribution in [1.29, 1.82) is 0 Å². The zero-order chi connectivity index (χ0) is 24.3. The van der Waals surface area contributed by atoms with Gasteiger partial charge in [0.05, 0.1) is 5.54 Å². The summed E-state index contributed by atoms with van der Waals surface area (Å²) in [5.41, 5.74) is 9.11. The number of aromatic nitrogens is 2. The molecule has 0 radical (unpaired) electrons. The second-order valence-electron chi connectivity index (χ2n) is 9.49. The average Bonchev–Trinajstić information content (AvgIpc) is 3.41. The standard InChI is InChI=1S/C27H33N5O2/c1-4-19(13-17-15-29-22-11-7-5-9-20(17)22)31-25(33)24(32-26(34)27(2,3)28)14-18-16-30-23-12-8-6-10-21(18)23/h5-12,15-16,19,24,29-30H,4,13-14,28H2,1-3H3,(H,31,33)(H,32,34)/t19-,24+/m0/s1. The van der Waals surface area contributed by atoms with Crippen molar-refractivity contribution in [1.82, 2.24) is 20.6 Å². The summed E-state index contributed by atoms with van der Waals surface area (Å²) in [4.78, 5) is 32.7. The molecule has 6 N–H and O–H groups in total. The quantitative estimate of drug-likeness (QED) is 0.264. The van der Waals surface area contributed by atoms with Crippen LogP contribution in [0.5, 0.6) is 0 Å². The molecule has 0 aliphatic rings. The Morgan fingerprint density at radius 3 is 1.94 bits per heavy atom. The van der Waals surface area contributed by atoms with Crippen molar-refractivity contribution >= 4 is 33.6 Å². The van der Waals surface area contributed by atoms with Gasteiger partial charge in [-0.3, -0.25) is 9.59 Å². The molecular formula is C27H33N5O2. The lowest BCUT2D eigenvalue weighted by molar-refractivity contribution is -0.131. The number of hydrogen-bond acceptors (Lipinski definition) is 3. The number of para-hydroxylation sites is 2. The Bertz CT molecular complexity index is 1300. The summed E-state index contributed by atoms with van der Waals surface area (Å²) < 4.78 is 0. The molecule has 7 heteroatoms. The maximum atomic E-state index is 13.4. The number of amides is 2. The topological polar surface area (TPSA) is 116 Å². The second kappa shape index (κ2) is 9.73. The Kier molecular flexibility index (Phi) is 6.75. The molecule has 0 fully saturated rings. The maximum Gasteiger partial charge on any atom is 0.243 e. The average molecular weight is 460 g/mol. The van der Waals surface area contributed by atoms with Gasteiger partial charge in [0.2, 0.25) is 11.8 Å². The Balaban J connectivity index is 1.54. The number of carbonyl (C=O) groups is 2. The summed E-state index contributed by atoms with van der Waals surface area (Å²) in [6.07, 6.45) is 5.72. The number of H-pyrrole nitrogens is 2. The van der Waals surface area contributed by atoms with Gasteiger partial charge in [0, 0.05) is 46.7 Å². The summed E-state index contributed by atoms with van der Waals surface area (Å²) in [5.74, 6) is -0.577. The molecule has 0 aliphatic heterocycles. The number of rotatable bonds is 9. The van der Waals surface area contributed by atoms with Gasteiger partial charge in [-0.05, 0) is 49.9 Å². The van der Waals surface area contributed by atoms with E-state index >= 15 is 0 Å². The SMILES string of the molecule is CC[C@@H](Cc1c[nH]c2ccccc12)NC(=O)[C@@H](Cc1c[nH]c2ccccc12)NC(=O)C(C)(C)N. The summed E-state index contributed by atoms with van der Waals surface area (Å²) in [7, 11) is 0. The number of carbonyl (C=O) groups excluding carboxylic acids is 2. The predicted molar refractivity (Wildman–Crippen MR) is 136 cm³/mol. The van der Waals surface area contributed by atoms with E-state index in [0.29, 0.717) is 12.8 Å². The minimum Gasteiger partial charge on any atom is -0.361 e. The summed E-state index contributed by atoms with van der Waals surface area (Å²) in [5, 5.41) is 8.24. The molecule has 0 saturated carbocycles. The predicted octanol–water partition coefficient (Wildman–Crippen LogP) is 3.55. The number of hydrogen-bond donors (Lipinski definition) is 5. The van der Waals surface area contributed by atoms with E-state index in [2.05, 4.69) is 33.6 Å². The lowest BCUT2D eigenvalue weighted by atomic mass is 9.99. The Hall–Kier alpha value is -3.58. The first-order valence-corrected chi connectivity index (χ1v) is 11.8. The number of nitrogens with one attached hydrogen (secondary N) is 4. The van der Waals surface area contributed by atoms with Crippen LogP contribution in [-0.4, -0.2) is 39.4 Å². The molecule has 2 amide bonds. The second-order valence-corrected chi connectivity index (χ2v) is 9.49. The van der Waals surface area contributed by atoms with Crippen LogP contribution in [-0.2, 0) is 22.4 Å². The third-order valence-corrected chi connectivity index (χ3v) is 6.29. The molecule has 4 rings (SSSR count). The van der Waals surface area contributed by atoms with E-state index in [9.17, 15) is 9.59 Å². The van der Waals surface area contributed by atoms with Crippen molar-refractivity contribution in [3.05, 3.63) is 72.1 Å². The molecule has 2 heterocycles. The van der Waals surface area contributed by atoms with Crippen LogP contribution < -0.4 is 16.4 Å². The molecule has 0 saturated heterocycles. The van der Waals surface area contributed by atoms with E-state index in [4.69, 9.17) is 5.73 Å². The van der Waals surface area contributed by atoms with Gasteiger partial charge in [0.1, 0.15) is 6.04 Å². The van der Waals surface area contributed by atoms with E-state index in [-0.39, 0.29) is 17.9 Å². The van der Waals surface area contributed by atoms with Gasteiger partial charge >= 0.3 is 0 Å². The Morgan fingerprint density at radius 1 is 0.882 bits per heavy atom. The molecule has 7 nitrogen and oxygen atoms in total. The molecule has 34 heavy (non-hydrogen) atoms. The normalized spacial score (nSPS) is 13.6. The van der Waals surface area contributed by atoms with E-state index in [0.717, 1.165) is 39.4 Å². The number of benzene rings is 2. The molecule has 178 valence electrons. The molecule has 0 bridgehead atoms. The Morgan fingerprint density at radius 2 is 1.41 bits per heavy atom. The molecule has 2 aromatic carbocycles. The first-order chi connectivity index (χ1) is 16.3. The highest BCUT2D eigenvalue weighted by Crippen LogP contribution is 2.21. The van der Waals surface area contributed by atoms with Crippen LogP contribution in [0.1, 0.15) is 38.3 Å². The Labute approximate surface area is 199 Å². The highest BCUT2D eigenvalue weighted by Gasteiger charge is 2.29. The van der Waals surface area contributed by atoms with Crippen molar-refractivity contribution in [2.75, 3.05) is 0 Å². The number of fused-ring (bicyclic) bond motifs is 2. The summed E-state index contributed by atoms with van der Waals surface area (Å²) >= 11 is 0. The van der Waals surface area contributed by atoms with Crippen LogP contribution in [0.4, 0.5) is 0 Å². The third-order valence-electron chi connectivity index (χ3n) is 6.29. The van der Waals surface area contributed by atoms with Crippen molar-refractivity contribution in [3.63, 3.8) is 0 Å². The third kappa shape index (κ3) is 5.15. The van der Waals surface area contributed by atoms with Gasteiger partial charge < -0.3 is 26.3 Å². The van der Waals surface area contributed by atoms with Gasteiger partial charge in [0.15, 0.2) is 0 Å². The molecule has 4 aromatic rings. The van der Waals surface area contributed by atoms with Crippen molar-refractivity contribution < 1.29 is 9.59 Å². The molecule has 0 spiro atoms. The fourth-order valence-corrected chi connectivity index (χ4v) is 4.24. The van der Waals surface area contributed by atoms with Crippen molar-refractivity contribution in [3.8, 4) is 0 Å². The highest BCUT2D eigenvalue weighted by molar-refractivity contribution is 5.92. The maximum absolute atomic E-state index is 13.4. The molecule has 2 aromatic heterocycles. The zero-order valence-corrected chi connectivity index (χ0v) is 19.9. The fraction of sp³-hybridized carbons (Fsp3) is 0.333. The smallest absolute Gasteiger partial charge is 0.243 e. The highest BCUT2D eigenvalue weighted by atomic mass is 16.2. The zero-order valence-electron chi connectivity index (χ0n) is 19.9. The van der Waals surface area contributed by atoms with Crippen LogP contribution in [0.2, 0.25) is 0 Å². The van der Waals surface area contributed by atoms with E-state index in [1.54, 1.807) is 13.8 Å². The van der Waals surface area contributed by atoms with Crippen molar-refractivity contribution in [2.45, 2.75) is 57.7 Å². The lowest BCUT2D eigenvalue weighted by Crippen LogP contribution is -2.57. The summed E-state index contributed by atoms with van der Waals surface area (Å²) in [6, 6.07) is 15.2. The van der Waals surface area contributed by atoms with E-state index in [1.807, 2.05) is 54.9 Å². The number of nitrogens with two attached hydrogens (primary N) is 1.